The molecule has 0 unspecified atom stereocenters. The first-order valence-corrected chi connectivity index (χ1v) is 5.18. The van der Waals surface area contributed by atoms with Crippen molar-refractivity contribution in [3.8, 4) is 5.75 Å². The van der Waals surface area contributed by atoms with Gasteiger partial charge in [0.05, 0.1) is 13.2 Å². The van der Waals surface area contributed by atoms with Gasteiger partial charge in [-0.1, -0.05) is 0 Å². The van der Waals surface area contributed by atoms with Crippen LogP contribution in [0.5, 0.6) is 5.75 Å². The van der Waals surface area contributed by atoms with E-state index in [2.05, 4.69) is 29.9 Å². The van der Waals surface area contributed by atoms with Crippen LogP contribution >= 0.6 is 0 Å². The molecule has 0 bridgehead atoms. The molecule has 0 saturated carbocycles. The van der Waals surface area contributed by atoms with Gasteiger partial charge in [0.25, 0.3) is 0 Å². The van der Waals surface area contributed by atoms with Gasteiger partial charge in [-0.3, -0.25) is 0 Å². The largest absolute Gasteiger partial charge is 0.497 e. The summed E-state index contributed by atoms with van der Waals surface area (Å²) in [7, 11) is 1.69. The van der Waals surface area contributed by atoms with Gasteiger partial charge in [-0.15, -0.1) is 0 Å². The Kier molecular flexibility index (Phi) is 2.64. The van der Waals surface area contributed by atoms with Gasteiger partial charge in [0, 0.05) is 23.5 Å². The number of H-pyrrole nitrogens is 1. The smallest absolute Gasteiger partial charge is 0.119 e. The zero-order chi connectivity index (χ0) is 10.8. The van der Waals surface area contributed by atoms with Crippen molar-refractivity contribution in [2.45, 2.75) is 19.4 Å². The van der Waals surface area contributed by atoms with Crippen LogP contribution in [0.25, 0.3) is 10.9 Å². The zero-order valence-corrected chi connectivity index (χ0v) is 9.21. The number of methoxy groups -OCH3 is 1. The van der Waals surface area contributed by atoms with Gasteiger partial charge in [-0.25, -0.2) is 0 Å². The molecule has 0 saturated heterocycles. The van der Waals surface area contributed by atoms with Crippen LogP contribution < -0.4 is 10.5 Å². The van der Waals surface area contributed by atoms with Gasteiger partial charge in [-0.2, -0.15) is 0 Å². The molecule has 0 radical (unpaired) electrons. The first kappa shape index (κ1) is 10.1. The van der Waals surface area contributed by atoms with Gasteiger partial charge >= 0.3 is 0 Å². The number of ether oxygens (including phenoxy) is 1. The normalized spacial score (nSPS) is 13.0. The van der Waals surface area contributed by atoms with E-state index in [1.807, 2.05) is 12.1 Å². The van der Waals surface area contributed by atoms with Crippen LogP contribution in [-0.4, -0.2) is 18.1 Å². The zero-order valence-electron chi connectivity index (χ0n) is 9.21. The first-order chi connectivity index (χ1) is 7.20. The average Bonchev–Trinajstić information content (AvgIpc) is 2.60. The van der Waals surface area contributed by atoms with Crippen molar-refractivity contribution in [1.82, 2.24) is 4.98 Å². The highest BCUT2D eigenvalue weighted by Gasteiger charge is 2.08. The molecule has 1 aromatic carbocycles. The summed E-state index contributed by atoms with van der Waals surface area (Å²) in [6.07, 6.45) is 3.05. The molecule has 0 fully saturated rings. The first-order valence-electron chi connectivity index (χ1n) is 5.18. The van der Waals surface area contributed by atoms with E-state index in [1.54, 1.807) is 7.11 Å². The summed E-state index contributed by atoms with van der Waals surface area (Å²) in [5, 5.41) is 1.24. The number of aromatic nitrogens is 1. The lowest BCUT2D eigenvalue weighted by Gasteiger charge is -2.02. The molecule has 1 aromatic heterocycles. The minimum Gasteiger partial charge on any atom is -0.497 e. The highest BCUT2D eigenvalue weighted by molar-refractivity contribution is 5.84. The van der Waals surface area contributed by atoms with Crippen molar-refractivity contribution >= 4 is 10.9 Å². The third-order valence-electron chi connectivity index (χ3n) is 2.54. The Hall–Kier alpha value is -1.48. The number of rotatable bonds is 3. The second-order valence-electron chi connectivity index (χ2n) is 4.03. The van der Waals surface area contributed by atoms with Crippen molar-refractivity contribution < 1.29 is 10.5 Å². The number of nitrogens with one attached hydrogen (secondary N) is 1. The molecule has 0 spiro atoms. The Morgan fingerprint density at radius 1 is 1.47 bits per heavy atom. The molecule has 1 atom stereocenters. The fraction of sp³-hybridized carbons (Fsp3) is 0.333. The maximum Gasteiger partial charge on any atom is 0.119 e. The molecule has 3 heteroatoms. The second kappa shape index (κ2) is 3.95. The quantitative estimate of drug-likeness (QED) is 0.780. The highest BCUT2D eigenvalue weighted by Crippen LogP contribution is 2.24. The number of benzene rings is 1. The minimum atomic E-state index is 0.426. The molecule has 0 aliphatic heterocycles. The number of hydrogen-bond donors (Lipinski definition) is 2. The molecular weight excluding hydrogens is 188 g/mol. The van der Waals surface area contributed by atoms with Crippen LogP contribution in [0.15, 0.2) is 24.4 Å². The van der Waals surface area contributed by atoms with Crippen LogP contribution in [0.1, 0.15) is 12.5 Å². The van der Waals surface area contributed by atoms with Crippen LogP contribution in [0.2, 0.25) is 0 Å². The van der Waals surface area contributed by atoms with E-state index in [4.69, 9.17) is 4.74 Å². The van der Waals surface area contributed by atoms with Gasteiger partial charge in [0.2, 0.25) is 0 Å². The molecule has 0 amide bonds. The molecular formula is C12H17N2O+. The summed E-state index contributed by atoms with van der Waals surface area (Å²) >= 11 is 0. The summed E-state index contributed by atoms with van der Waals surface area (Å²) in [6.45, 7) is 2.12. The maximum absolute atomic E-state index is 5.22. The van der Waals surface area contributed by atoms with E-state index >= 15 is 0 Å². The fourth-order valence-electron chi connectivity index (χ4n) is 1.83. The molecule has 4 N–H and O–H groups in total. The van der Waals surface area contributed by atoms with E-state index in [1.165, 1.54) is 10.9 Å². The number of fused-ring (bicyclic) bond motifs is 1. The fourth-order valence-corrected chi connectivity index (χ4v) is 1.83. The topological polar surface area (TPSA) is 52.7 Å². The summed E-state index contributed by atoms with van der Waals surface area (Å²) in [6, 6.07) is 6.51. The molecule has 3 nitrogen and oxygen atoms in total. The summed E-state index contributed by atoms with van der Waals surface area (Å²) < 4.78 is 5.22. The van der Waals surface area contributed by atoms with Crippen LogP contribution in [0.4, 0.5) is 0 Å². The lowest BCUT2D eigenvalue weighted by Crippen LogP contribution is -2.60. The molecule has 80 valence electrons. The Morgan fingerprint density at radius 2 is 2.27 bits per heavy atom. The third kappa shape index (κ3) is 1.97. The van der Waals surface area contributed by atoms with E-state index in [9.17, 15) is 0 Å². The molecule has 0 aliphatic rings. The average molecular weight is 205 g/mol. The summed E-state index contributed by atoms with van der Waals surface area (Å²) in [5.74, 6) is 0.903. The molecule has 2 rings (SSSR count). The predicted octanol–water partition coefficient (Wildman–Crippen LogP) is 1.35. The van der Waals surface area contributed by atoms with Gasteiger partial charge in [0.15, 0.2) is 0 Å². The number of hydrogen-bond acceptors (Lipinski definition) is 1. The summed E-state index contributed by atoms with van der Waals surface area (Å²) in [5.41, 5.74) is 6.49. The Balaban J connectivity index is 2.46. The highest BCUT2D eigenvalue weighted by atomic mass is 16.5. The second-order valence-corrected chi connectivity index (χ2v) is 4.03. The van der Waals surface area contributed by atoms with E-state index in [-0.39, 0.29) is 0 Å². The molecule has 2 aromatic rings. The van der Waals surface area contributed by atoms with Crippen LogP contribution in [-0.2, 0) is 6.42 Å². The van der Waals surface area contributed by atoms with Crippen molar-refractivity contribution in [2.75, 3.05) is 7.11 Å². The predicted molar refractivity (Wildman–Crippen MR) is 60.9 cm³/mol. The van der Waals surface area contributed by atoms with Gasteiger partial charge in [-0.05, 0) is 30.7 Å². The van der Waals surface area contributed by atoms with E-state index < -0.39 is 0 Å². The standard InChI is InChI=1S/C12H16N2O/c1-8(13)5-9-7-14-12-4-3-10(15-2)6-11(9)12/h3-4,6-8,14H,5,13H2,1-2H3/p+1/t8-/m0/s1. The van der Waals surface area contributed by atoms with Crippen molar-refractivity contribution in [2.24, 2.45) is 0 Å². The van der Waals surface area contributed by atoms with E-state index in [0.717, 1.165) is 17.7 Å². The lowest BCUT2D eigenvalue weighted by atomic mass is 10.1. The maximum atomic E-state index is 5.22. The van der Waals surface area contributed by atoms with E-state index in [0.29, 0.717) is 6.04 Å². The molecule has 0 aliphatic carbocycles. The van der Waals surface area contributed by atoms with Crippen molar-refractivity contribution in [1.29, 1.82) is 0 Å². The van der Waals surface area contributed by atoms with Crippen LogP contribution in [0.3, 0.4) is 0 Å². The number of quaternary nitrogens is 1. The third-order valence-corrected chi connectivity index (χ3v) is 2.54. The van der Waals surface area contributed by atoms with Crippen LogP contribution in [0, 0.1) is 0 Å². The molecule has 15 heavy (non-hydrogen) atoms. The lowest BCUT2D eigenvalue weighted by molar-refractivity contribution is -0.413. The van der Waals surface area contributed by atoms with Gasteiger partial charge < -0.3 is 15.5 Å². The van der Waals surface area contributed by atoms with Gasteiger partial charge in [0.1, 0.15) is 5.75 Å². The Bertz CT molecular complexity index is 460. The van der Waals surface area contributed by atoms with Crippen molar-refractivity contribution in [3.05, 3.63) is 30.0 Å². The molecule has 1 heterocycles. The monoisotopic (exact) mass is 205 g/mol. The Morgan fingerprint density at radius 3 is 2.93 bits per heavy atom. The number of aromatic amines is 1. The SMILES string of the molecule is COc1ccc2[nH]cc(C[C@H](C)[NH3+])c2c1. The van der Waals surface area contributed by atoms with Crippen molar-refractivity contribution in [3.63, 3.8) is 0 Å². The summed E-state index contributed by atoms with van der Waals surface area (Å²) in [4.78, 5) is 3.26. The Labute approximate surface area is 89.2 Å². The minimum absolute atomic E-state index is 0.426.